The van der Waals surface area contributed by atoms with Crippen LogP contribution in [0.1, 0.15) is 69.1 Å². The van der Waals surface area contributed by atoms with Gasteiger partial charge in [-0.25, -0.2) is 0 Å². The third-order valence-electron chi connectivity index (χ3n) is 5.42. The summed E-state index contributed by atoms with van der Waals surface area (Å²) in [6.07, 6.45) is 1.42. The van der Waals surface area contributed by atoms with E-state index in [1.54, 1.807) is 0 Å². The minimum Gasteiger partial charge on any atom is -0.512 e. The van der Waals surface area contributed by atoms with Crippen molar-refractivity contribution in [1.82, 2.24) is 0 Å². The van der Waals surface area contributed by atoms with Gasteiger partial charge < -0.3 is 10.2 Å². The predicted octanol–water partition coefficient (Wildman–Crippen LogP) is 5.54. The highest BCUT2D eigenvalue weighted by molar-refractivity contribution is 7.12. The molecule has 4 nitrogen and oxygen atoms in total. The Morgan fingerprint density at radius 2 is 1.30 bits per heavy atom. The van der Waals surface area contributed by atoms with Gasteiger partial charge in [-0.1, -0.05) is 27.7 Å². The van der Waals surface area contributed by atoms with Crippen molar-refractivity contribution in [2.75, 3.05) is 0 Å². The molecule has 0 fully saturated rings. The normalized spacial score (nSPS) is 22.7. The van der Waals surface area contributed by atoms with E-state index in [9.17, 15) is 19.8 Å². The van der Waals surface area contributed by atoms with Crippen molar-refractivity contribution in [3.05, 3.63) is 44.6 Å². The van der Waals surface area contributed by atoms with Crippen LogP contribution in [0.15, 0.2) is 34.8 Å². The summed E-state index contributed by atoms with van der Waals surface area (Å²) < 4.78 is 0. The maximum Gasteiger partial charge on any atom is 0.163 e. The monoisotopic (exact) mass is 388 g/mol. The van der Waals surface area contributed by atoms with Crippen LogP contribution in [0.2, 0.25) is 0 Å². The number of thiophene rings is 1. The number of hydrogen-bond acceptors (Lipinski definition) is 5. The molecule has 0 amide bonds. The Bertz CT molecular complexity index is 815. The highest BCUT2D eigenvalue weighted by Crippen LogP contribution is 2.48. The van der Waals surface area contributed by atoms with E-state index in [1.807, 2.05) is 46.8 Å². The van der Waals surface area contributed by atoms with Crippen molar-refractivity contribution in [1.29, 1.82) is 0 Å². The van der Waals surface area contributed by atoms with Gasteiger partial charge in [0.1, 0.15) is 11.5 Å². The van der Waals surface area contributed by atoms with Gasteiger partial charge >= 0.3 is 0 Å². The van der Waals surface area contributed by atoms with Gasteiger partial charge in [0.15, 0.2) is 11.6 Å². The summed E-state index contributed by atoms with van der Waals surface area (Å²) in [4.78, 5) is 27.9. The number of carbonyl (C=O) groups is 2. The second-order valence-electron chi connectivity index (χ2n) is 9.48. The average Bonchev–Trinajstić information content (AvgIpc) is 2.87. The third-order valence-corrected chi connectivity index (χ3v) is 6.48. The molecule has 0 aliphatic heterocycles. The topological polar surface area (TPSA) is 74.6 Å². The highest BCUT2D eigenvalue weighted by Gasteiger charge is 2.44. The first-order chi connectivity index (χ1) is 12.4. The molecule has 5 heteroatoms. The Morgan fingerprint density at radius 1 is 0.852 bits per heavy atom. The summed E-state index contributed by atoms with van der Waals surface area (Å²) in [5.74, 6) is -0.873. The molecule has 3 rings (SSSR count). The first-order valence-electron chi connectivity index (χ1n) is 9.37. The van der Waals surface area contributed by atoms with Crippen molar-refractivity contribution < 1.29 is 19.8 Å². The molecule has 0 radical (unpaired) electrons. The Hall–Kier alpha value is -1.88. The van der Waals surface area contributed by atoms with Gasteiger partial charge in [-0.15, -0.1) is 11.3 Å². The summed E-state index contributed by atoms with van der Waals surface area (Å²) in [6.45, 7) is 9.77. The first-order valence-corrected chi connectivity index (χ1v) is 10.2. The third kappa shape index (κ3) is 3.88. The fourth-order valence-corrected chi connectivity index (χ4v) is 5.29. The number of aliphatic hydroxyl groups excluding tert-OH is 2. The zero-order valence-corrected chi connectivity index (χ0v) is 17.5. The Kier molecular flexibility index (Phi) is 4.87. The van der Waals surface area contributed by atoms with E-state index >= 15 is 0 Å². The predicted molar refractivity (Wildman–Crippen MR) is 107 cm³/mol. The van der Waals surface area contributed by atoms with Crippen molar-refractivity contribution in [3.63, 3.8) is 0 Å². The van der Waals surface area contributed by atoms with Crippen molar-refractivity contribution in [2.45, 2.75) is 66.2 Å². The molecule has 27 heavy (non-hydrogen) atoms. The number of aliphatic hydroxyl groups is 2. The molecule has 0 atom stereocenters. The number of aryl methyl sites for hydroxylation is 1. The van der Waals surface area contributed by atoms with E-state index in [-0.39, 0.29) is 45.1 Å². The zero-order chi connectivity index (χ0) is 20.1. The van der Waals surface area contributed by atoms with E-state index in [4.69, 9.17) is 0 Å². The van der Waals surface area contributed by atoms with Crippen LogP contribution in [0, 0.1) is 17.8 Å². The molecule has 1 aromatic rings. The lowest BCUT2D eigenvalue weighted by atomic mass is 9.68. The van der Waals surface area contributed by atoms with Crippen molar-refractivity contribution >= 4 is 22.9 Å². The second-order valence-corrected chi connectivity index (χ2v) is 10.8. The van der Waals surface area contributed by atoms with Crippen LogP contribution >= 0.6 is 11.3 Å². The zero-order valence-electron chi connectivity index (χ0n) is 16.7. The van der Waals surface area contributed by atoms with Gasteiger partial charge in [0.25, 0.3) is 0 Å². The van der Waals surface area contributed by atoms with Crippen LogP contribution in [0.5, 0.6) is 0 Å². The number of hydrogen-bond donors (Lipinski definition) is 2. The molecular weight excluding hydrogens is 360 g/mol. The molecule has 1 heterocycles. The Balaban J connectivity index is 2.20. The number of carbonyl (C=O) groups excluding carboxylic acids is 2. The van der Waals surface area contributed by atoms with Gasteiger partial charge in [0.05, 0.1) is 5.92 Å². The smallest absolute Gasteiger partial charge is 0.163 e. The van der Waals surface area contributed by atoms with Gasteiger partial charge in [0, 0.05) is 46.6 Å². The van der Waals surface area contributed by atoms with Crippen LogP contribution in [0.3, 0.4) is 0 Å². The van der Waals surface area contributed by atoms with E-state index in [0.29, 0.717) is 25.7 Å². The number of ketones is 2. The summed E-state index contributed by atoms with van der Waals surface area (Å²) in [7, 11) is 0. The minimum atomic E-state index is -0.684. The quantitative estimate of drug-likeness (QED) is 0.712. The average molecular weight is 389 g/mol. The molecule has 0 aromatic carbocycles. The van der Waals surface area contributed by atoms with E-state index < -0.39 is 5.92 Å². The lowest BCUT2D eigenvalue weighted by molar-refractivity contribution is -0.119. The van der Waals surface area contributed by atoms with Crippen LogP contribution in [-0.2, 0) is 9.59 Å². The fourth-order valence-electron chi connectivity index (χ4n) is 4.30. The fraction of sp³-hybridized carbons (Fsp3) is 0.545. The van der Waals surface area contributed by atoms with E-state index in [0.717, 1.165) is 9.75 Å². The van der Waals surface area contributed by atoms with Crippen molar-refractivity contribution in [2.24, 2.45) is 10.8 Å². The standard InChI is InChI=1S/C22H28O4S/c1-12-6-7-17(27-12)20(18-13(23)8-21(2,3)9-14(18)24)19-15(25)10-22(4,5)11-16(19)26/h6-7,20,23,25H,8-11H2,1-5H3. The minimum absolute atomic E-state index is 0.0465. The van der Waals surface area contributed by atoms with Gasteiger partial charge in [-0.05, 0) is 29.9 Å². The molecule has 2 aliphatic carbocycles. The van der Waals surface area contributed by atoms with Gasteiger partial charge in [-0.2, -0.15) is 0 Å². The van der Waals surface area contributed by atoms with Crippen LogP contribution in [-0.4, -0.2) is 21.8 Å². The molecule has 0 saturated carbocycles. The molecule has 0 saturated heterocycles. The molecule has 2 N–H and O–H groups in total. The number of Topliss-reactive ketones (excluding diaryl/α,β-unsaturated/α-hetero) is 2. The number of rotatable bonds is 3. The van der Waals surface area contributed by atoms with E-state index in [1.165, 1.54) is 11.3 Å². The SMILES string of the molecule is Cc1ccc(C(C2=C(O)CC(C)(C)CC2=O)C2=C(O)CC(C)(C)CC2=O)s1. The first kappa shape index (κ1) is 19.9. The molecule has 2 aliphatic rings. The van der Waals surface area contributed by atoms with E-state index in [2.05, 4.69) is 0 Å². The maximum absolute atomic E-state index is 13.0. The molecule has 0 bridgehead atoms. The lowest BCUT2D eigenvalue weighted by Crippen LogP contribution is -2.33. The van der Waals surface area contributed by atoms with Crippen LogP contribution in [0.4, 0.5) is 0 Å². The Morgan fingerprint density at radius 3 is 1.63 bits per heavy atom. The lowest BCUT2D eigenvalue weighted by Gasteiger charge is -2.36. The molecule has 146 valence electrons. The molecule has 0 unspecified atom stereocenters. The maximum atomic E-state index is 13.0. The summed E-state index contributed by atoms with van der Waals surface area (Å²) in [5.41, 5.74) is -0.0536. The summed E-state index contributed by atoms with van der Waals surface area (Å²) >= 11 is 1.50. The van der Waals surface area contributed by atoms with Crippen LogP contribution in [0.25, 0.3) is 0 Å². The second kappa shape index (κ2) is 6.62. The van der Waals surface area contributed by atoms with Crippen LogP contribution < -0.4 is 0 Å². The summed E-state index contributed by atoms with van der Waals surface area (Å²) in [5, 5.41) is 21.5. The molecule has 1 aromatic heterocycles. The summed E-state index contributed by atoms with van der Waals surface area (Å²) in [6, 6.07) is 3.84. The van der Waals surface area contributed by atoms with Crippen molar-refractivity contribution in [3.8, 4) is 0 Å². The number of allylic oxidation sites excluding steroid dienone is 4. The van der Waals surface area contributed by atoms with Gasteiger partial charge in [0.2, 0.25) is 0 Å². The molecular formula is C22H28O4S. The highest BCUT2D eigenvalue weighted by atomic mass is 32.1. The Labute approximate surface area is 164 Å². The van der Waals surface area contributed by atoms with Gasteiger partial charge in [-0.3, -0.25) is 9.59 Å². The largest absolute Gasteiger partial charge is 0.512 e. The molecule has 0 spiro atoms.